The molecule has 3 aromatic heterocycles. The van der Waals surface area contributed by atoms with Crippen molar-refractivity contribution >= 4 is 0 Å². The van der Waals surface area contributed by atoms with Crippen LogP contribution in [-0.2, 0) is 25.7 Å². The lowest BCUT2D eigenvalue weighted by molar-refractivity contribution is 0.626. The highest BCUT2D eigenvalue weighted by atomic mass is 14.7. The second-order valence-electron chi connectivity index (χ2n) is 12.9. The lowest BCUT2D eigenvalue weighted by Gasteiger charge is -2.12. The molecule has 48 heavy (non-hydrogen) atoms. The molecule has 0 atom stereocenters. The number of pyridine rings is 3. The maximum Gasteiger partial charge on any atom is 0.0704 e. The number of hydrogen-bond donors (Lipinski definition) is 0. The molecule has 3 aromatic carbocycles. The summed E-state index contributed by atoms with van der Waals surface area (Å²) in [5, 5.41) is 0. The molecule has 6 aromatic rings. The monoisotopic (exact) mass is 629 g/mol. The Bertz CT molecular complexity index is 1780. The van der Waals surface area contributed by atoms with Crippen molar-refractivity contribution in [3.63, 3.8) is 0 Å². The van der Waals surface area contributed by atoms with Crippen LogP contribution in [0.15, 0.2) is 140 Å². The minimum atomic E-state index is 1.05. The fraction of sp³-hybridized carbons (Fsp3) is 0.267. The van der Waals surface area contributed by atoms with E-state index in [2.05, 4.69) is 128 Å². The van der Waals surface area contributed by atoms with E-state index in [0.29, 0.717) is 0 Å². The number of nitrogens with zero attached hydrogens (tertiary/aromatic N) is 3. The average Bonchev–Trinajstić information content (AvgIpc) is 3.16. The Labute approximate surface area is 287 Å². The summed E-state index contributed by atoms with van der Waals surface area (Å²) in [5.41, 5.74) is 12.3. The third kappa shape index (κ3) is 9.81. The smallest absolute Gasteiger partial charge is 0.0704 e. The first-order valence-electron chi connectivity index (χ1n) is 17.9. The molecule has 0 aliphatic heterocycles. The summed E-state index contributed by atoms with van der Waals surface area (Å²) < 4.78 is 0. The lowest BCUT2D eigenvalue weighted by atomic mass is 9.96. The van der Waals surface area contributed by atoms with E-state index in [0.717, 1.165) is 42.8 Å². The molecule has 0 N–H and O–H groups in total. The SMILES string of the molecule is c1ccc(-c2ccc(CCCCCCc3cnc(-c4ccccc4)cc3CCCCCCc3ccc(-c4ccccc4)nc3)cn2)cc1. The molecule has 0 amide bonds. The molecule has 0 saturated heterocycles. The van der Waals surface area contributed by atoms with Gasteiger partial charge < -0.3 is 0 Å². The van der Waals surface area contributed by atoms with E-state index in [1.54, 1.807) is 0 Å². The van der Waals surface area contributed by atoms with Crippen LogP contribution in [0, 0.1) is 0 Å². The Morgan fingerprint density at radius 1 is 0.312 bits per heavy atom. The summed E-state index contributed by atoms with van der Waals surface area (Å²) in [6, 6.07) is 42.6. The second kappa shape index (κ2) is 17.9. The number of benzene rings is 3. The van der Waals surface area contributed by atoms with Crippen molar-refractivity contribution < 1.29 is 0 Å². The summed E-state index contributed by atoms with van der Waals surface area (Å²) in [5.74, 6) is 0. The highest BCUT2D eigenvalue weighted by Crippen LogP contribution is 2.24. The molecule has 6 rings (SSSR count). The molecule has 242 valence electrons. The molecule has 3 nitrogen and oxygen atoms in total. The van der Waals surface area contributed by atoms with Gasteiger partial charge in [-0.3, -0.25) is 15.0 Å². The molecule has 3 heteroatoms. The number of aromatic nitrogens is 3. The standard InChI is InChI=1S/C45H47N3/c1(8-18-36-28-30-43(46-33-36)38-20-12-5-13-21-38)3-10-26-41-32-45(40-24-16-7-17-25-40)48-35-42(41)27-11-4-2-9-19-37-29-31-44(47-34-37)39-22-14-6-15-23-39/h5-7,12-17,20-25,28-35H,1-4,8-11,18-19,26-27H2. The summed E-state index contributed by atoms with van der Waals surface area (Å²) in [6.07, 6.45) is 20.5. The minimum Gasteiger partial charge on any atom is -0.256 e. The molecule has 0 unspecified atom stereocenters. The molecule has 3 heterocycles. The van der Waals surface area contributed by atoms with Gasteiger partial charge in [-0.1, -0.05) is 129 Å². The van der Waals surface area contributed by atoms with Gasteiger partial charge in [0.05, 0.1) is 17.1 Å². The predicted molar refractivity (Wildman–Crippen MR) is 201 cm³/mol. The van der Waals surface area contributed by atoms with Gasteiger partial charge in [0.25, 0.3) is 0 Å². The molecule has 0 bridgehead atoms. The van der Waals surface area contributed by atoms with Crippen LogP contribution in [0.25, 0.3) is 33.8 Å². The molecular weight excluding hydrogens is 583 g/mol. The largest absolute Gasteiger partial charge is 0.256 e. The number of rotatable bonds is 17. The van der Waals surface area contributed by atoms with Crippen LogP contribution in [0.2, 0.25) is 0 Å². The van der Waals surface area contributed by atoms with E-state index in [1.807, 2.05) is 12.1 Å². The highest BCUT2D eigenvalue weighted by Gasteiger charge is 2.08. The molecular formula is C45H47N3. The van der Waals surface area contributed by atoms with E-state index in [1.165, 1.54) is 90.3 Å². The molecule has 0 aliphatic rings. The van der Waals surface area contributed by atoms with Gasteiger partial charge in [0.1, 0.15) is 0 Å². The normalized spacial score (nSPS) is 11.1. The first-order valence-corrected chi connectivity index (χ1v) is 17.9. The van der Waals surface area contributed by atoms with Gasteiger partial charge >= 0.3 is 0 Å². The zero-order valence-electron chi connectivity index (χ0n) is 28.1. The number of aryl methyl sites for hydroxylation is 4. The first kappa shape index (κ1) is 33.0. The van der Waals surface area contributed by atoms with Gasteiger partial charge in [-0.15, -0.1) is 0 Å². The van der Waals surface area contributed by atoms with Gasteiger partial charge in [0.2, 0.25) is 0 Å². The van der Waals surface area contributed by atoms with Crippen molar-refractivity contribution in [3.8, 4) is 33.8 Å². The first-order chi connectivity index (χ1) is 23.8. The van der Waals surface area contributed by atoms with E-state index < -0.39 is 0 Å². The molecule has 0 fully saturated rings. The van der Waals surface area contributed by atoms with Crippen molar-refractivity contribution in [2.45, 2.75) is 77.0 Å². The highest BCUT2D eigenvalue weighted by molar-refractivity contribution is 5.61. The van der Waals surface area contributed by atoms with Crippen LogP contribution in [0.5, 0.6) is 0 Å². The van der Waals surface area contributed by atoms with Gasteiger partial charge in [-0.25, -0.2) is 0 Å². The minimum absolute atomic E-state index is 1.05. The molecule has 0 saturated carbocycles. The quantitative estimate of drug-likeness (QED) is 0.0942. The Morgan fingerprint density at radius 3 is 1.15 bits per heavy atom. The van der Waals surface area contributed by atoms with Gasteiger partial charge in [0, 0.05) is 35.3 Å². The average molecular weight is 630 g/mol. The van der Waals surface area contributed by atoms with Gasteiger partial charge in [-0.2, -0.15) is 0 Å². The van der Waals surface area contributed by atoms with Crippen LogP contribution >= 0.6 is 0 Å². The van der Waals surface area contributed by atoms with E-state index >= 15 is 0 Å². The van der Waals surface area contributed by atoms with Crippen molar-refractivity contribution in [2.24, 2.45) is 0 Å². The van der Waals surface area contributed by atoms with Crippen LogP contribution in [-0.4, -0.2) is 15.0 Å². The van der Waals surface area contributed by atoms with E-state index in [4.69, 9.17) is 15.0 Å². The van der Waals surface area contributed by atoms with Crippen LogP contribution in [0.4, 0.5) is 0 Å². The fourth-order valence-corrected chi connectivity index (χ4v) is 6.45. The third-order valence-corrected chi connectivity index (χ3v) is 9.26. The molecule has 0 radical (unpaired) electrons. The molecule has 0 aliphatic carbocycles. The third-order valence-electron chi connectivity index (χ3n) is 9.26. The van der Waals surface area contributed by atoms with Crippen LogP contribution in [0.3, 0.4) is 0 Å². The van der Waals surface area contributed by atoms with Crippen molar-refractivity contribution in [2.75, 3.05) is 0 Å². The summed E-state index contributed by atoms with van der Waals surface area (Å²) in [7, 11) is 0. The topological polar surface area (TPSA) is 38.7 Å². The zero-order valence-corrected chi connectivity index (χ0v) is 28.1. The Kier molecular flexibility index (Phi) is 12.3. The Balaban J connectivity index is 0.942. The van der Waals surface area contributed by atoms with Gasteiger partial charge in [0.15, 0.2) is 0 Å². The van der Waals surface area contributed by atoms with Crippen LogP contribution in [0.1, 0.15) is 73.6 Å². The second-order valence-corrected chi connectivity index (χ2v) is 12.9. The van der Waals surface area contributed by atoms with Crippen molar-refractivity contribution in [1.82, 2.24) is 15.0 Å². The molecule has 0 spiro atoms. The van der Waals surface area contributed by atoms with E-state index in [-0.39, 0.29) is 0 Å². The van der Waals surface area contributed by atoms with Crippen molar-refractivity contribution in [1.29, 1.82) is 0 Å². The maximum atomic E-state index is 4.90. The fourth-order valence-electron chi connectivity index (χ4n) is 6.45. The van der Waals surface area contributed by atoms with Crippen molar-refractivity contribution in [3.05, 3.63) is 162 Å². The summed E-state index contributed by atoms with van der Waals surface area (Å²) >= 11 is 0. The zero-order chi connectivity index (χ0) is 32.6. The Morgan fingerprint density at radius 2 is 0.708 bits per heavy atom. The summed E-state index contributed by atoms with van der Waals surface area (Å²) in [6.45, 7) is 0. The number of unbranched alkanes of at least 4 members (excludes halogenated alkanes) is 6. The predicted octanol–water partition coefficient (Wildman–Crippen LogP) is 11.6. The van der Waals surface area contributed by atoms with E-state index in [9.17, 15) is 0 Å². The summed E-state index contributed by atoms with van der Waals surface area (Å²) in [4.78, 5) is 14.3. The number of hydrogen-bond acceptors (Lipinski definition) is 3. The Hall–Kier alpha value is -4.89. The maximum absolute atomic E-state index is 4.90. The van der Waals surface area contributed by atoms with Gasteiger partial charge in [-0.05, 0) is 91.8 Å². The lowest BCUT2D eigenvalue weighted by Crippen LogP contribution is -1.99. The van der Waals surface area contributed by atoms with Crippen LogP contribution < -0.4 is 0 Å².